The van der Waals surface area contributed by atoms with Crippen molar-refractivity contribution in [1.29, 1.82) is 0 Å². The van der Waals surface area contributed by atoms with Crippen molar-refractivity contribution in [3.05, 3.63) is 47.4 Å². The Morgan fingerprint density at radius 3 is 2.74 bits per heavy atom. The molecule has 0 radical (unpaired) electrons. The van der Waals surface area contributed by atoms with Crippen LogP contribution in [-0.4, -0.2) is 25.3 Å². The molecule has 0 aliphatic carbocycles. The van der Waals surface area contributed by atoms with Crippen LogP contribution in [-0.2, 0) is 0 Å². The number of carbonyl (C=O) groups excluding carboxylic acids is 1. The molecule has 1 aromatic heterocycles. The van der Waals surface area contributed by atoms with E-state index in [0.29, 0.717) is 28.4 Å². The number of rotatable bonds is 6. The van der Waals surface area contributed by atoms with Gasteiger partial charge >= 0.3 is 0 Å². The highest BCUT2D eigenvalue weighted by molar-refractivity contribution is 5.96. The minimum atomic E-state index is -0.332. The number of hydrazone groups is 1. The van der Waals surface area contributed by atoms with Gasteiger partial charge in [0.05, 0.1) is 31.3 Å². The maximum Gasteiger partial charge on any atom is 0.274 e. The molecule has 1 amide bonds. The van der Waals surface area contributed by atoms with Crippen molar-refractivity contribution in [2.45, 2.75) is 26.9 Å². The summed E-state index contributed by atoms with van der Waals surface area (Å²) in [5, 5.41) is 3.98. The van der Waals surface area contributed by atoms with Crippen LogP contribution in [0.5, 0.6) is 11.5 Å². The number of hydrogen-bond donors (Lipinski definition) is 1. The molecule has 0 aliphatic rings. The second-order valence-corrected chi connectivity index (χ2v) is 5.13. The number of nitrogens with zero attached hydrogens (tertiary/aromatic N) is 1. The summed E-state index contributed by atoms with van der Waals surface area (Å²) in [6.07, 6.45) is 2.97. The van der Waals surface area contributed by atoms with E-state index in [-0.39, 0.29) is 12.0 Å². The lowest BCUT2D eigenvalue weighted by Crippen LogP contribution is -2.18. The molecule has 122 valence electrons. The monoisotopic (exact) mass is 316 g/mol. The lowest BCUT2D eigenvalue weighted by Gasteiger charge is -2.15. The highest BCUT2D eigenvalue weighted by Crippen LogP contribution is 2.30. The van der Waals surface area contributed by atoms with Crippen molar-refractivity contribution < 1.29 is 18.7 Å². The van der Waals surface area contributed by atoms with E-state index in [2.05, 4.69) is 10.5 Å². The third kappa shape index (κ3) is 4.12. The van der Waals surface area contributed by atoms with Gasteiger partial charge in [0.25, 0.3) is 5.91 Å². The molecule has 6 nitrogen and oxygen atoms in total. The van der Waals surface area contributed by atoms with E-state index >= 15 is 0 Å². The SMILES string of the molecule is COc1cccc(/C=N\NC(=O)c2ccoc2C)c1OC(C)C. The first kappa shape index (κ1) is 16.6. The van der Waals surface area contributed by atoms with Gasteiger partial charge in [-0.3, -0.25) is 4.79 Å². The summed E-state index contributed by atoms with van der Waals surface area (Å²) >= 11 is 0. The quantitative estimate of drug-likeness (QED) is 0.656. The van der Waals surface area contributed by atoms with Crippen LogP contribution in [0.2, 0.25) is 0 Å². The number of carbonyl (C=O) groups is 1. The molecule has 6 heteroatoms. The lowest BCUT2D eigenvalue weighted by atomic mass is 10.2. The number of hydrogen-bond acceptors (Lipinski definition) is 5. The standard InChI is InChI=1S/C17H20N2O4/c1-11(2)23-16-13(6-5-7-15(16)21-4)10-18-19-17(20)14-8-9-22-12(14)3/h5-11H,1-4H3,(H,19,20)/b18-10-. The fraction of sp³-hybridized carbons (Fsp3) is 0.294. The van der Waals surface area contributed by atoms with Gasteiger partial charge in [-0.05, 0) is 39.0 Å². The Morgan fingerprint density at radius 1 is 1.35 bits per heavy atom. The highest BCUT2D eigenvalue weighted by Gasteiger charge is 2.12. The molecule has 0 unspecified atom stereocenters. The zero-order valence-electron chi connectivity index (χ0n) is 13.6. The smallest absolute Gasteiger partial charge is 0.274 e. The van der Waals surface area contributed by atoms with Crippen LogP contribution in [0.4, 0.5) is 0 Å². The average molecular weight is 316 g/mol. The number of furan rings is 1. The maximum absolute atomic E-state index is 12.0. The summed E-state index contributed by atoms with van der Waals surface area (Å²) in [5.74, 6) is 1.41. The summed E-state index contributed by atoms with van der Waals surface area (Å²) in [6.45, 7) is 5.57. The van der Waals surface area contributed by atoms with Crippen molar-refractivity contribution in [1.82, 2.24) is 5.43 Å². The molecule has 0 bridgehead atoms. The highest BCUT2D eigenvalue weighted by atomic mass is 16.5. The lowest BCUT2D eigenvalue weighted by molar-refractivity contribution is 0.0953. The number of amides is 1. The molecule has 0 spiro atoms. The summed E-state index contributed by atoms with van der Waals surface area (Å²) < 4.78 is 16.2. The van der Waals surface area contributed by atoms with Gasteiger partial charge in [0.15, 0.2) is 11.5 Å². The van der Waals surface area contributed by atoms with Crippen LogP contribution < -0.4 is 14.9 Å². The molecular formula is C17H20N2O4. The van der Waals surface area contributed by atoms with Crippen molar-refractivity contribution >= 4 is 12.1 Å². The zero-order valence-corrected chi connectivity index (χ0v) is 13.6. The molecule has 0 atom stereocenters. The summed E-state index contributed by atoms with van der Waals surface area (Å²) in [7, 11) is 1.58. The van der Waals surface area contributed by atoms with Gasteiger partial charge in [0, 0.05) is 5.56 Å². The Labute approximate surface area is 135 Å². The molecule has 1 N–H and O–H groups in total. The molecule has 1 heterocycles. The van der Waals surface area contributed by atoms with Crippen molar-refractivity contribution in [2.75, 3.05) is 7.11 Å². The van der Waals surface area contributed by atoms with Gasteiger partial charge in [-0.1, -0.05) is 6.07 Å². The molecule has 0 saturated heterocycles. The first-order valence-corrected chi connectivity index (χ1v) is 7.24. The average Bonchev–Trinajstić information content (AvgIpc) is 2.94. The van der Waals surface area contributed by atoms with Crippen molar-refractivity contribution in [3.8, 4) is 11.5 Å². The fourth-order valence-electron chi connectivity index (χ4n) is 2.00. The number of benzene rings is 1. The van der Waals surface area contributed by atoms with Crippen molar-refractivity contribution in [3.63, 3.8) is 0 Å². The topological polar surface area (TPSA) is 73.1 Å². The van der Waals surface area contributed by atoms with Gasteiger partial charge in [-0.2, -0.15) is 5.10 Å². The van der Waals surface area contributed by atoms with E-state index < -0.39 is 0 Å². The largest absolute Gasteiger partial charge is 0.493 e. The van der Waals surface area contributed by atoms with E-state index in [9.17, 15) is 4.79 Å². The van der Waals surface area contributed by atoms with E-state index in [1.807, 2.05) is 32.0 Å². The Bertz CT molecular complexity index is 704. The molecule has 0 aliphatic heterocycles. The van der Waals surface area contributed by atoms with Gasteiger partial charge in [-0.15, -0.1) is 0 Å². The predicted octanol–water partition coefficient (Wildman–Crippen LogP) is 3.15. The van der Waals surface area contributed by atoms with Crippen LogP contribution >= 0.6 is 0 Å². The number of methoxy groups -OCH3 is 1. The fourth-order valence-corrected chi connectivity index (χ4v) is 2.00. The summed E-state index contributed by atoms with van der Waals surface area (Å²) in [6, 6.07) is 7.07. The van der Waals surface area contributed by atoms with Crippen LogP contribution in [0.3, 0.4) is 0 Å². The summed E-state index contributed by atoms with van der Waals surface area (Å²) in [4.78, 5) is 12.0. The van der Waals surface area contributed by atoms with E-state index in [0.717, 1.165) is 0 Å². The van der Waals surface area contributed by atoms with Gasteiger partial charge in [0.1, 0.15) is 5.76 Å². The third-order valence-electron chi connectivity index (χ3n) is 3.06. The van der Waals surface area contributed by atoms with Crippen LogP contribution in [0.15, 0.2) is 40.0 Å². The molecule has 1 aromatic carbocycles. The normalized spacial score (nSPS) is 11.0. The molecule has 0 saturated carbocycles. The Kier molecular flexibility index (Phi) is 5.41. The molecular weight excluding hydrogens is 296 g/mol. The first-order valence-electron chi connectivity index (χ1n) is 7.24. The minimum Gasteiger partial charge on any atom is -0.493 e. The third-order valence-corrected chi connectivity index (χ3v) is 3.06. The molecule has 23 heavy (non-hydrogen) atoms. The number of nitrogens with one attached hydrogen (secondary N) is 1. The maximum atomic E-state index is 12.0. The molecule has 2 aromatic rings. The molecule has 2 rings (SSSR count). The second-order valence-electron chi connectivity index (χ2n) is 5.13. The van der Waals surface area contributed by atoms with Crippen LogP contribution in [0, 0.1) is 6.92 Å². The number of para-hydroxylation sites is 1. The van der Waals surface area contributed by atoms with E-state index in [1.165, 1.54) is 12.5 Å². The number of ether oxygens (including phenoxy) is 2. The first-order chi connectivity index (χ1) is 11.0. The second kappa shape index (κ2) is 7.49. The van der Waals surface area contributed by atoms with Crippen LogP contribution in [0.25, 0.3) is 0 Å². The molecule has 0 fully saturated rings. The van der Waals surface area contributed by atoms with Gasteiger partial charge < -0.3 is 13.9 Å². The van der Waals surface area contributed by atoms with E-state index in [4.69, 9.17) is 13.9 Å². The van der Waals surface area contributed by atoms with Crippen molar-refractivity contribution in [2.24, 2.45) is 5.10 Å². The Morgan fingerprint density at radius 2 is 2.13 bits per heavy atom. The predicted molar refractivity (Wildman–Crippen MR) is 87.3 cm³/mol. The van der Waals surface area contributed by atoms with Gasteiger partial charge in [0.2, 0.25) is 0 Å². The van der Waals surface area contributed by atoms with Crippen LogP contribution in [0.1, 0.15) is 35.5 Å². The Hall–Kier alpha value is -2.76. The van der Waals surface area contributed by atoms with Gasteiger partial charge in [-0.25, -0.2) is 5.43 Å². The Balaban J connectivity index is 2.16. The summed E-state index contributed by atoms with van der Waals surface area (Å²) in [5.41, 5.74) is 3.63. The number of aryl methyl sites for hydroxylation is 1. The minimum absolute atomic E-state index is 0.0124. The zero-order chi connectivity index (χ0) is 16.8. The van der Waals surface area contributed by atoms with E-state index in [1.54, 1.807) is 20.1 Å².